The van der Waals surface area contributed by atoms with Crippen LogP contribution in [0, 0.1) is 20.8 Å². The van der Waals surface area contributed by atoms with E-state index in [4.69, 9.17) is 20.8 Å². The number of aromatic nitrogens is 1. The van der Waals surface area contributed by atoms with Crippen LogP contribution in [-0.4, -0.2) is 17.5 Å². The van der Waals surface area contributed by atoms with Gasteiger partial charge in [0, 0.05) is 16.8 Å². The lowest BCUT2D eigenvalue weighted by Gasteiger charge is -2.11. The molecule has 158 valence electrons. The standard InChI is InChI=1S/C25H23ClN2O3/c1-5-30-22-9-8-17(12-19(22)26)24(29)27-20-13-18(7-6-14(20)2)25-28-21-10-15(3)16(4)11-23(21)31-25/h6-13H,5H2,1-4H3,(H,27,29). The van der Waals surface area contributed by atoms with Crippen LogP contribution in [0.4, 0.5) is 5.69 Å². The van der Waals surface area contributed by atoms with Crippen molar-refractivity contribution in [2.75, 3.05) is 11.9 Å². The number of carbonyl (C=O) groups is 1. The monoisotopic (exact) mass is 434 g/mol. The van der Waals surface area contributed by atoms with E-state index in [1.807, 2.05) is 51.1 Å². The van der Waals surface area contributed by atoms with Crippen molar-refractivity contribution in [2.24, 2.45) is 0 Å². The van der Waals surface area contributed by atoms with Gasteiger partial charge in [0.05, 0.1) is 11.6 Å². The number of benzene rings is 3. The summed E-state index contributed by atoms with van der Waals surface area (Å²) in [6.07, 6.45) is 0. The van der Waals surface area contributed by atoms with Crippen LogP contribution in [0.3, 0.4) is 0 Å². The Morgan fingerprint density at radius 2 is 1.81 bits per heavy atom. The van der Waals surface area contributed by atoms with E-state index in [2.05, 4.69) is 17.2 Å². The zero-order valence-electron chi connectivity index (χ0n) is 17.9. The molecule has 31 heavy (non-hydrogen) atoms. The van der Waals surface area contributed by atoms with Gasteiger partial charge in [-0.1, -0.05) is 17.7 Å². The Morgan fingerprint density at radius 1 is 1.03 bits per heavy atom. The molecule has 0 aliphatic rings. The summed E-state index contributed by atoms with van der Waals surface area (Å²) < 4.78 is 11.4. The third-order valence-electron chi connectivity index (χ3n) is 5.23. The van der Waals surface area contributed by atoms with Crippen LogP contribution in [0.25, 0.3) is 22.6 Å². The first-order chi connectivity index (χ1) is 14.9. The molecule has 1 amide bonds. The molecular weight excluding hydrogens is 412 g/mol. The summed E-state index contributed by atoms with van der Waals surface area (Å²) in [4.78, 5) is 17.4. The molecule has 6 heteroatoms. The van der Waals surface area contributed by atoms with Crippen molar-refractivity contribution in [2.45, 2.75) is 27.7 Å². The van der Waals surface area contributed by atoms with E-state index in [1.165, 1.54) is 5.56 Å². The maximum Gasteiger partial charge on any atom is 0.255 e. The molecule has 0 atom stereocenters. The van der Waals surface area contributed by atoms with E-state index in [0.717, 1.165) is 27.8 Å². The number of anilines is 1. The second-order valence-electron chi connectivity index (χ2n) is 7.49. The molecular formula is C25H23ClN2O3. The average Bonchev–Trinajstić information content (AvgIpc) is 3.14. The lowest BCUT2D eigenvalue weighted by Crippen LogP contribution is -2.13. The molecule has 0 unspecified atom stereocenters. The van der Waals surface area contributed by atoms with Crippen molar-refractivity contribution in [3.63, 3.8) is 0 Å². The van der Waals surface area contributed by atoms with Crippen molar-refractivity contribution in [3.05, 3.63) is 75.8 Å². The summed E-state index contributed by atoms with van der Waals surface area (Å²) in [5.41, 5.74) is 6.73. The number of ether oxygens (including phenoxy) is 1. The minimum Gasteiger partial charge on any atom is -0.492 e. The topological polar surface area (TPSA) is 64.4 Å². The molecule has 0 bridgehead atoms. The summed E-state index contributed by atoms with van der Waals surface area (Å²) in [5, 5.41) is 3.36. The van der Waals surface area contributed by atoms with Gasteiger partial charge >= 0.3 is 0 Å². The molecule has 4 aromatic rings. The number of aryl methyl sites for hydroxylation is 3. The molecule has 0 fully saturated rings. The van der Waals surface area contributed by atoms with E-state index in [9.17, 15) is 4.79 Å². The third kappa shape index (κ3) is 4.28. The van der Waals surface area contributed by atoms with Crippen molar-refractivity contribution in [1.29, 1.82) is 0 Å². The highest BCUT2D eigenvalue weighted by atomic mass is 35.5. The van der Waals surface area contributed by atoms with Gasteiger partial charge in [0.15, 0.2) is 5.58 Å². The molecule has 4 rings (SSSR count). The summed E-state index contributed by atoms with van der Waals surface area (Å²) >= 11 is 6.23. The van der Waals surface area contributed by atoms with Gasteiger partial charge in [-0.3, -0.25) is 4.79 Å². The van der Waals surface area contributed by atoms with Crippen molar-refractivity contribution >= 4 is 34.3 Å². The van der Waals surface area contributed by atoms with Crippen LogP contribution in [0.1, 0.15) is 34.0 Å². The maximum atomic E-state index is 12.8. The van der Waals surface area contributed by atoms with Gasteiger partial charge in [0.1, 0.15) is 11.3 Å². The fraction of sp³-hybridized carbons (Fsp3) is 0.200. The number of fused-ring (bicyclic) bond motifs is 1. The van der Waals surface area contributed by atoms with Gasteiger partial charge in [0.25, 0.3) is 5.91 Å². The summed E-state index contributed by atoms with van der Waals surface area (Å²) in [6, 6.07) is 14.7. The first-order valence-corrected chi connectivity index (χ1v) is 10.5. The molecule has 1 aromatic heterocycles. The van der Waals surface area contributed by atoms with E-state index >= 15 is 0 Å². The average molecular weight is 435 g/mol. The Hall–Kier alpha value is -3.31. The number of hydrogen-bond acceptors (Lipinski definition) is 4. The number of nitrogens with zero attached hydrogens (tertiary/aromatic N) is 1. The Morgan fingerprint density at radius 3 is 2.55 bits per heavy atom. The zero-order valence-corrected chi connectivity index (χ0v) is 18.6. The summed E-state index contributed by atoms with van der Waals surface area (Å²) in [5.74, 6) is 0.814. The number of amides is 1. The van der Waals surface area contributed by atoms with Gasteiger partial charge < -0.3 is 14.5 Å². The van der Waals surface area contributed by atoms with Gasteiger partial charge in [-0.2, -0.15) is 0 Å². The summed E-state index contributed by atoms with van der Waals surface area (Å²) in [6.45, 7) is 8.42. The van der Waals surface area contributed by atoms with E-state index in [1.54, 1.807) is 18.2 Å². The van der Waals surface area contributed by atoms with Crippen LogP contribution in [0.5, 0.6) is 5.75 Å². The highest BCUT2D eigenvalue weighted by Crippen LogP contribution is 2.30. The molecule has 5 nitrogen and oxygen atoms in total. The van der Waals surface area contributed by atoms with Crippen LogP contribution in [0.2, 0.25) is 5.02 Å². The minimum atomic E-state index is -0.256. The van der Waals surface area contributed by atoms with Gasteiger partial charge in [-0.25, -0.2) is 4.98 Å². The second-order valence-corrected chi connectivity index (χ2v) is 7.89. The molecule has 0 aliphatic heterocycles. The predicted molar refractivity (Wildman–Crippen MR) is 124 cm³/mol. The Balaban J connectivity index is 1.62. The largest absolute Gasteiger partial charge is 0.492 e. The van der Waals surface area contributed by atoms with E-state index < -0.39 is 0 Å². The maximum absolute atomic E-state index is 12.8. The van der Waals surface area contributed by atoms with E-state index in [-0.39, 0.29) is 5.91 Å². The molecule has 0 saturated carbocycles. The third-order valence-corrected chi connectivity index (χ3v) is 5.53. The molecule has 0 spiro atoms. The smallest absolute Gasteiger partial charge is 0.255 e. The molecule has 3 aromatic carbocycles. The van der Waals surface area contributed by atoms with Crippen molar-refractivity contribution in [1.82, 2.24) is 4.98 Å². The number of halogens is 1. The molecule has 0 radical (unpaired) electrons. The number of hydrogen-bond donors (Lipinski definition) is 1. The lowest BCUT2D eigenvalue weighted by molar-refractivity contribution is 0.102. The molecule has 1 heterocycles. The number of rotatable bonds is 5. The van der Waals surface area contributed by atoms with Gasteiger partial charge in [0.2, 0.25) is 5.89 Å². The zero-order chi connectivity index (χ0) is 22.1. The quantitative estimate of drug-likeness (QED) is 0.378. The normalized spacial score (nSPS) is 11.0. The lowest BCUT2D eigenvalue weighted by atomic mass is 10.1. The molecule has 0 saturated heterocycles. The highest BCUT2D eigenvalue weighted by molar-refractivity contribution is 6.32. The first-order valence-electron chi connectivity index (χ1n) is 10.1. The van der Waals surface area contributed by atoms with Crippen LogP contribution < -0.4 is 10.1 Å². The fourth-order valence-electron chi connectivity index (χ4n) is 3.30. The van der Waals surface area contributed by atoms with Gasteiger partial charge in [-0.05, 0) is 86.8 Å². The molecule has 1 N–H and O–H groups in total. The number of carbonyl (C=O) groups excluding carboxylic acids is 1. The molecule has 0 aliphatic carbocycles. The summed E-state index contributed by atoms with van der Waals surface area (Å²) in [7, 11) is 0. The minimum absolute atomic E-state index is 0.256. The van der Waals surface area contributed by atoms with Crippen molar-refractivity contribution < 1.29 is 13.9 Å². The second kappa shape index (κ2) is 8.44. The van der Waals surface area contributed by atoms with Crippen LogP contribution in [0.15, 0.2) is 52.9 Å². The SMILES string of the molecule is CCOc1ccc(C(=O)Nc2cc(-c3nc4cc(C)c(C)cc4o3)ccc2C)cc1Cl. The first kappa shape index (κ1) is 20.9. The number of oxazole rings is 1. The Kier molecular flexibility index (Phi) is 5.70. The van der Waals surface area contributed by atoms with Gasteiger partial charge in [-0.15, -0.1) is 0 Å². The predicted octanol–water partition coefficient (Wildman–Crippen LogP) is 6.72. The van der Waals surface area contributed by atoms with E-state index in [0.29, 0.717) is 34.5 Å². The van der Waals surface area contributed by atoms with Crippen LogP contribution in [-0.2, 0) is 0 Å². The fourth-order valence-corrected chi connectivity index (χ4v) is 3.54. The highest BCUT2D eigenvalue weighted by Gasteiger charge is 2.14. The Labute approximate surface area is 186 Å². The van der Waals surface area contributed by atoms with Crippen LogP contribution >= 0.6 is 11.6 Å². The van der Waals surface area contributed by atoms with Crippen molar-refractivity contribution in [3.8, 4) is 17.2 Å². The number of nitrogens with one attached hydrogen (secondary N) is 1. The Bertz CT molecular complexity index is 1250.